The van der Waals surface area contributed by atoms with Crippen LogP contribution in [0.15, 0.2) is 54.6 Å². The summed E-state index contributed by atoms with van der Waals surface area (Å²) in [7, 11) is 0. The van der Waals surface area contributed by atoms with Crippen LogP contribution in [0.1, 0.15) is 31.2 Å². The Bertz CT molecular complexity index is 791. The number of carbonyl (C=O) groups excluding carboxylic acids is 1. The number of hydrogen-bond donors (Lipinski definition) is 2. The molecule has 0 spiro atoms. The Kier molecular flexibility index (Phi) is 7.50. The first-order valence-electron chi connectivity index (χ1n) is 10.0. The van der Waals surface area contributed by atoms with Crippen molar-refractivity contribution < 1.29 is 24.2 Å². The SMILES string of the molecule is O=C(O)C1CCCCC1C(=O)NCc1ccc(OCCOc2ccccc2)cc1. The van der Waals surface area contributed by atoms with Gasteiger partial charge in [0.05, 0.1) is 11.8 Å². The van der Waals surface area contributed by atoms with Crippen molar-refractivity contribution in [3.63, 3.8) is 0 Å². The predicted octanol–water partition coefficient (Wildman–Crippen LogP) is 3.65. The van der Waals surface area contributed by atoms with Gasteiger partial charge in [0.25, 0.3) is 0 Å². The van der Waals surface area contributed by atoms with Gasteiger partial charge < -0.3 is 19.9 Å². The quantitative estimate of drug-likeness (QED) is 0.631. The van der Waals surface area contributed by atoms with Gasteiger partial charge in [-0.1, -0.05) is 43.2 Å². The van der Waals surface area contributed by atoms with Crippen LogP contribution in [0.4, 0.5) is 0 Å². The number of amides is 1. The van der Waals surface area contributed by atoms with Gasteiger partial charge in [0.15, 0.2) is 0 Å². The molecule has 1 amide bonds. The van der Waals surface area contributed by atoms with Crippen molar-refractivity contribution in [2.45, 2.75) is 32.2 Å². The maximum atomic E-state index is 12.4. The van der Waals surface area contributed by atoms with Crippen LogP contribution < -0.4 is 14.8 Å². The third kappa shape index (κ3) is 6.24. The molecule has 1 aliphatic rings. The minimum atomic E-state index is -0.873. The maximum Gasteiger partial charge on any atom is 0.307 e. The van der Waals surface area contributed by atoms with Crippen molar-refractivity contribution in [1.29, 1.82) is 0 Å². The maximum absolute atomic E-state index is 12.4. The molecular weight excluding hydrogens is 370 g/mol. The van der Waals surface area contributed by atoms with Crippen molar-refractivity contribution >= 4 is 11.9 Å². The number of hydrogen-bond acceptors (Lipinski definition) is 4. The Labute approximate surface area is 170 Å². The molecule has 0 radical (unpaired) electrons. The lowest BCUT2D eigenvalue weighted by atomic mass is 9.78. The standard InChI is InChI=1S/C23H27NO5/c25-22(20-8-4-5-9-21(20)23(26)27)24-16-17-10-12-19(13-11-17)29-15-14-28-18-6-2-1-3-7-18/h1-3,6-7,10-13,20-21H,4-5,8-9,14-16H2,(H,24,25)(H,26,27). The van der Waals surface area contributed by atoms with Crippen molar-refractivity contribution in [2.75, 3.05) is 13.2 Å². The second kappa shape index (κ2) is 10.5. The van der Waals surface area contributed by atoms with Crippen LogP contribution in [0.2, 0.25) is 0 Å². The Morgan fingerprint density at radius 2 is 1.45 bits per heavy atom. The predicted molar refractivity (Wildman–Crippen MR) is 109 cm³/mol. The number of rotatable bonds is 9. The summed E-state index contributed by atoms with van der Waals surface area (Å²) in [6.07, 6.45) is 2.99. The molecule has 2 atom stereocenters. The van der Waals surface area contributed by atoms with Gasteiger partial charge in [0, 0.05) is 6.54 Å². The molecule has 0 aromatic heterocycles. The molecule has 2 N–H and O–H groups in total. The lowest BCUT2D eigenvalue weighted by molar-refractivity contribution is -0.148. The average Bonchev–Trinajstić information content (AvgIpc) is 2.76. The molecule has 0 heterocycles. The highest BCUT2D eigenvalue weighted by Crippen LogP contribution is 2.30. The van der Waals surface area contributed by atoms with Crippen molar-refractivity contribution in [1.82, 2.24) is 5.32 Å². The van der Waals surface area contributed by atoms with Crippen molar-refractivity contribution in [3.05, 3.63) is 60.2 Å². The average molecular weight is 397 g/mol. The van der Waals surface area contributed by atoms with E-state index in [0.29, 0.717) is 32.6 Å². The van der Waals surface area contributed by atoms with Crippen LogP contribution in [0.25, 0.3) is 0 Å². The van der Waals surface area contributed by atoms with Gasteiger partial charge >= 0.3 is 5.97 Å². The van der Waals surface area contributed by atoms with Crippen LogP contribution in [-0.4, -0.2) is 30.2 Å². The van der Waals surface area contributed by atoms with E-state index in [4.69, 9.17) is 9.47 Å². The Morgan fingerprint density at radius 1 is 0.862 bits per heavy atom. The molecule has 0 saturated heterocycles. The molecule has 1 aliphatic carbocycles. The third-order valence-corrected chi connectivity index (χ3v) is 5.17. The minimum Gasteiger partial charge on any atom is -0.490 e. The van der Waals surface area contributed by atoms with E-state index < -0.39 is 17.8 Å². The molecule has 2 aromatic rings. The number of benzene rings is 2. The number of carbonyl (C=O) groups is 2. The summed E-state index contributed by atoms with van der Waals surface area (Å²) in [6.45, 7) is 1.26. The Balaban J connectivity index is 1.40. The van der Waals surface area contributed by atoms with Gasteiger partial charge in [-0.3, -0.25) is 9.59 Å². The first kappa shape index (κ1) is 20.7. The van der Waals surface area contributed by atoms with Gasteiger partial charge in [0.2, 0.25) is 5.91 Å². The lowest BCUT2D eigenvalue weighted by Crippen LogP contribution is -2.39. The van der Waals surface area contributed by atoms with E-state index in [-0.39, 0.29) is 5.91 Å². The van der Waals surface area contributed by atoms with Gasteiger partial charge in [-0.25, -0.2) is 0 Å². The van der Waals surface area contributed by atoms with Gasteiger partial charge in [0.1, 0.15) is 24.7 Å². The van der Waals surface area contributed by atoms with Crippen LogP contribution >= 0.6 is 0 Å². The summed E-state index contributed by atoms with van der Waals surface area (Å²) in [5, 5.41) is 12.2. The molecule has 6 heteroatoms. The van der Waals surface area contributed by atoms with E-state index in [0.717, 1.165) is 29.9 Å². The number of nitrogens with one attached hydrogen (secondary N) is 1. The van der Waals surface area contributed by atoms with E-state index >= 15 is 0 Å². The molecule has 1 saturated carbocycles. The highest BCUT2D eigenvalue weighted by atomic mass is 16.5. The first-order chi connectivity index (χ1) is 14.1. The largest absolute Gasteiger partial charge is 0.490 e. The second-order valence-corrected chi connectivity index (χ2v) is 7.21. The number of carboxylic acids is 1. The topological polar surface area (TPSA) is 84.9 Å². The third-order valence-electron chi connectivity index (χ3n) is 5.17. The lowest BCUT2D eigenvalue weighted by Gasteiger charge is -2.27. The fraction of sp³-hybridized carbons (Fsp3) is 0.391. The van der Waals surface area contributed by atoms with Crippen LogP contribution in [-0.2, 0) is 16.1 Å². The number of para-hydroxylation sites is 1. The molecule has 0 aliphatic heterocycles. The van der Waals surface area contributed by atoms with Crippen molar-refractivity contribution in [3.8, 4) is 11.5 Å². The molecule has 29 heavy (non-hydrogen) atoms. The number of aliphatic carboxylic acids is 1. The number of carboxylic acid groups (broad SMARTS) is 1. The van der Waals surface area contributed by atoms with E-state index in [1.165, 1.54) is 0 Å². The molecule has 6 nitrogen and oxygen atoms in total. The van der Waals surface area contributed by atoms with Gasteiger partial charge in [-0.2, -0.15) is 0 Å². The fourth-order valence-corrected chi connectivity index (χ4v) is 3.60. The molecular formula is C23H27NO5. The zero-order chi connectivity index (χ0) is 20.5. The summed E-state index contributed by atoms with van der Waals surface area (Å²) < 4.78 is 11.3. The Hall–Kier alpha value is -3.02. The normalized spacial score (nSPS) is 18.6. The van der Waals surface area contributed by atoms with Gasteiger partial charge in [-0.15, -0.1) is 0 Å². The van der Waals surface area contributed by atoms with E-state index in [2.05, 4.69) is 5.32 Å². The summed E-state index contributed by atoms with van der Waals surface area (Å²) >= 11 is 0. The van der Waals surface area contributed by atoms with E-state index in [1.807, 2.05) is 54.6 Å². The van der Waals surface area contributed by atoms with E-state index in [9.17, 15) is 14.7 Å². The van der Waals surface area contributed by atoms with Crippen LogP contribution in [0.3, 0.4) is 0 Å². The molecule has 0 bridgehead atoms. The van der Waals surface area contributed by atoms with Crippen molar-refractivity contribution in [2.24, 2.45) is 11.8 Å². The zero-order valence-electron chi connectivity index (χ0n) is 16.4. The first-order valence-corrected chi connectivity index (χ1v) is 10.0. The smallest absolute Gasteiger partial charge is 0.307 e. The van der Waals surface area contributed by atoms with Gasteiger partial charge in [-0.05, 0) is 42.7 Å². The minimum absolute atomic E-state index is 0.171. The summed E-state index contributed by atoms with van der Waals surface area (Å²) in [6, 6.07) is 17.1. The molecule has 2 aromatic carbocycles. The molecule has 1 fully saturated rings. The summed E-state index contributed by atoms with van der Waals surface area (Å²) in [5.74, 6) is -0.510. The Morgan fingerprint density at radius 3 is 2.07 bits per heavy atom. The van der Waals surface area contributed by atoms with E-state index in [1.54, 1.807) is 0 Å². The fourth-order valence-electron chi connectivity index (χ4n) is 3.60. The second-order valence-electron chi connectivity index (χ2n) is 7.21. The molecule has 2 unspecified atom stereocenters. The summed E-state index contributed by atoms with van der Waals surface area (Å²) in [5.41, 5.74) is 0.939. The molecule has 154 valence electrons. The zero-order valence-corrected chi connectivity index (χ0v) is 16.4. The van der Waals surface area contributed by atoms with Crippen LogP contribution in [0.5, 0.6) is 11.5 Å². The van der Waals surface area contributed by atoms with Crippen LogP contribution in [0, 0.1) is 11.8 Å². The summed E-state index contributed by atoms with van der Waals surface area (Å²) in [4.78, 5) is 23.8. The highest BCUT2D eigenvalue weighted by Gasteiger charge is 2.35. The monoisotopic (exact) mass is 397 g/mol. The molecule has 3 rings (SSSR count). The highest BCUT2D eigenvalue weighted by molar-refractivity contribution is 5.84. The number of ether oxygens (including phenoxy) is 2.